The van der Waals surface area contributed by atoms with Gasteiger partial charge in [-0.05, 0) is 93.3 Å². The number of pyridine rings is 1. The molecule has 0 aliphatic carbocycles. The van der Waals surface area contributed by atoms with Crippen LogP contribution in [0.2, 0.25) is 0 Å². The second kappa shape index (κ2) is 12.7. The van der Waals surface area contributed by atoms with Gasteiger partial charge in [-0.25, -0.2) is 0 Å². The molecule has 3 aromatic rings. The third kappa shape index (κ3) is 6.98. The van der Waals surface area contributed by atoms with Gasteiger partial charge in [0.05, 0.1) is 24.4 Å². The molecule has 8 heteroatoms. The Balaban J connectivity index is 1.35. The van der Waals surface area contributed by atoms with Crippen LogP contribution in [0, 0.1) is 11.8 Å². The summed E-state index contributed by atoms with van der Waals surface area (Å²) in [6.45, 7) is 2.88. The first-order valence-corrected chi connectivity index (χ1v) is 12.8. The molecular formula is C28H36N4O4. The fraction of sp³-hybridized carbons (Fsp3) is 0.500. The van der Waals surface area contributed by atoms with Gasteiger partial charge >= 0.3 is 5.97 Å². The predicted molar refractivity (Wildman–Crippen MR) is 138 cm³/mol. The number of carboxylic acids is 1. The number of carboxylic acid groups (broad SMARTS) is 1. The van der Waals surface area contributed by atoms with Gasteiger partial charge in [-0.2, -0.15) is 0 Å². The molecule has 1 unspecified atom stereocenters. The highest BCUT2D eigenvalue weighted by Crippen LogP contribution is 2.35. The normalized spacial score (nSPS) is 19.3. The molecule has 0 saturated carbocycles. The number of rotatable bonds is 12. The average Bonchev–Trinajstić information content (AvgIpc) is 2.91. The zero-order valence-corrected chi connectivity index (χ0v) is 20.9. The number of aliphatic carboxylic acids is 1. The molecule has 0 radical (unpaired) electrons. The van der Waals surface area contributed by atoms with Crippen molar-refractivity contribution in [2.45, 2.75) is 51.0 Å². The zero-order valence-electron chi connectivity index (χ0n) is 20.9. The number of piperidine rings is 1. The Labute approximate surface area is 212 Å². The zero-order chi connectivity index (χ0) is 25.3. The van der Waals surface area contributed by atoms with Crippen LogP contribution in [0.4, 0.5) is 0 Å². The lowest BCUT2D eigenvalue weighted by Gasteiger charge is -2.39. The molecule has 1 aliphatic heterocycles. The van der Waals surface area contributed by atoms with Crippen LogP contribution in [0.15, 0.2) is 49.1 Å². The average molecular weight is 493 g/mol. The number of aliphatic hydroxyl groups is 1. The Morgan fingerprint density at radius 1 is 1.17 bits per heavy atom. The van der Waals surface area contributed by atoms with Crippen LogP contribution in [0.5, 0.6) is 5.75 Å². The highest BCUT2D eigenvalue weighted by atomic mass is 16.5. The number of benzene rings is 1. The van der Waals surface area contributed by atoms with E-state index < -0.39 is 12.1 Å². The Morgan fingerprint density at radius 2 is 2.06 bits per heavy atom. The van der Waals surface area contributed by atoms with Gasteiger partial charge in [-0.1, -0.05) is 0 Å². The molecule has 0 bridgehead atoms. The Hall–Kier alpha value is -3.10. The van der Waals surface area contributed by atoms with Crippen molar-refractivity contribution >= 4 is 16.9 Å². The molecule has 0 amide bonds. The molecule has 8 nitrogen and oxygen atoms in total. The van der Waals surface area contributed by atoms with Crippen LogP contribution in [0.25, 0.3) is 10.9 Å². The number of aliphatic hydroxyl groups excluding tert-OH is 1. The Kier molecular flexibility index (Phi) is 9.19. The van der Waals surface area contributed by atoms with Gasteiger partial charge in [-0.3, -0.25) is 19.7 Å². The fourth-order valence-electron chi connectivity index (χ4n) is 5.41. The fourth-order valence-corrected chi connectivity index (χ4v) is 5.41. The number of carbonyl (C=O) groups is 1. The molecule has 2 N–H and O–H groups in total. The standard InChI is InChI=1S/C28H36N4O4/c1-36-23-6-7-26-25(17-23)24(10-12-31-26)27(33)8-4-20-11-16-32(19-21(20)5-9-28(34)35)15-2-3-22-18-29-13-14-30-22/h6-7,10,12-14,17-18,20-21,27,33H,2-5,8-9,11,15-16,19H2,1H3,(H,34,35)/t20-,21+,27?/m1/s1. The van der Waals surface area contributed by atoms with Crippen molar-refractivity contribution in [2.24, 2.45) is 11.8 Å². The van der Waals surface area contributed by atoms with Gasteiger partial charge in [0, 0.05) is 43.1 Å². The minimum atomic E-state index is -0.745. The predicted octanol–water partition coefficient (Wildman–Crippen LogP) is 4.28. The second-order valence-corrected chi connectivity index (χ2v) is 9.72. The summed E-state index contributed by atoms with van der Waals surface area (Å²) in [5.41, 5.74) is 2.70. The maximum atomic E-state index is 11.3. The Bertz CT molecular complexity index is 1130. The topological polar surface area (TPSA) is 109 Å². The van der Waals surface area contributed by atoms with Gasteiger partial charge in [0.1, 0.15) is 5.75 Å². The number of hydrogen-bond donors (Lipinski definition) is 2. The summed E-state index contributed by atoms with van der Waals surface area (Å²) in [5, 5.41) is 21.3. The highest BCUT2D eigenvalue weighted by Gasteiger charge is 2.30. The Morgan fingerprint density at radius 3 is 2.83 bits per heavy atom. The van der Waals surface area contributed by atoms with Crippen molar-refractivity contribution in [1.82, 2.24) is 19.9 Å². The van der Waals surface area contributed by atoms with Crippen molar-refractivity contribution in [3.8, 4) is 5.75 Å². The summed E-state index contributed by atoms with van der Waals surface area (Å²) >= 11 is 0. The lowest BCUT2D eigenvalue weighted by Crippen LogP contribution is -2.41. The van der Waals surface area contributed by atoms with E-state index in [1.165, 1.54) is 0 Å². The summed E-state index contributed by atoms with van der Waals surface area (Å²) in [4.78, 5) is 26.7. The van der Waals surface area contributed by atoms with E-state index in [0.29, 0.717) is 24.7 Å². The largest absolute Gasteiger partial charge is 0.497 e. The first-order valence-electron chi connectivity index (χ1n) is 12.8. The van der Waals surface area contributed by atoms with Crippen molar-refractivity contribution in [2.75, 3.05) is 26.7 Å². The molecule has 4 rings (SSSR count). The van der Waals surface area contributed by atoms with Crippen molar-refractivity contribution in [3.63, 3.8) is 0 Å². The number of fused-ring (bicyclic) bond motifs is 1. The van der Waals surface area contributed by atoms with E-state index >= 15 is 0 Å². The van der Waals surface area contributed by atoms with E-state index in [0.717, 1.165) is 73.2 Å². The van der Waals surface area contributed by atoms with Crippen LogP contribution in [0.3, 0.4) is 0 Å². The van der Waals surface area contributed by atoms with Crippen molar-refractivity contribution in [3.05, 3.63) is 60.3 Å². The molecule has 1 aromatic carbocycles. The summed E-state index contributed by atoms with van der Waals surface area (Å²) < 4.78 is 5.37. The minimum absolute atomic E-state index is 0.186. The molecule has 0 spiro atoms. The van der Waals surface area contributed by atoms with Crippen molar-refractivity contribution in [1.29, 1.82) is 0 Å². The number of hydrogen-bond acceptors (Lipinski definition) is 7. The SMILES string of the molecule is COc1ccc2nccc(C(O)CC[C@@H]3CCN(CCCc4cnccn4)C[C@@H]3CCC(=O)O)c2c1. The molecule has 2 aromatic heterocycles. The number of aromatic nitrogens is 3. The van der Waals surface area contributed by atoms with E-state index in [1.807, 2.05) is 30.5 Å². The summed E-state index contributed by atoms with van der Waals surface area (Å²) in [6.07, 6.45) is 11.6. The molecule has 36 heavy (non-hydrogen) atoms. The molecule has 1 saturated heterocycles. The lowest BCUT2D eigenvalue weighted by molar-refractivity contribution is -0.137. The summed E-state index contributed by atoms with van der Waals surface area (Å²) in [7, 11) is 1.63. The lowest BCUT2D eigenvalue weighted by atomic mass is 9.79. The van der Waals surface area contributed by atoms with Crippen LogP contribution in [-0.2, 0) is 11.2 Å². The van der Waals surface area contributed by atoms with Crippen LogP contribution in [-0.4, -0.2) is 62.8 Å². The van der Waals surface area contributed by atoms with Gasteiger partial charge in [0.25, 0.3) is 0 Å². The molecular weight excluding hydrogens is 456 g/mol. The first-order chi connectivity index (χ1) is 17.5. The van der Waals surface area contributed by atoms with Crippen molar-refractivity contribution < 1.29 is 19.7 Å². The number of methoxy groups -OCH3 is 1. The van der Waals surface area contributed by atoms with Gasteiger partial charge in [0.2, 0.25) is 0 Å². The van der Waals surface area contributed by atoms with Gasteiger partial charge in [-0.15, -0.1) is 0 Å². The first kappa shape index (κ1) is 26.0. The highest BCUT2D eigenvalue weighted by molar-refractivity contribution is 5.83. The van der Waals surface area contributed by atoms with E-state index in [9.17, 15) is 15.0 Å². The summed E-state index contributed by atoms with van der Waals surface area (Å²) in [6, 6.07) is 7.59. The maximum Gasteiger partial charge on any atom is 0.303 e. The molecule has 3 heterocycles. The number of aryl methyl sites for hydroxylation is 1. The van der Waals surface area contributed by atoms with E-state index in [1.54, 1.807) is 25.7 Å². The van der Waals surface area contributed by atoms with Gasteiger partial charge < -0.3 is 19.8 Å². The maximum absolute atomic E-state index is 11.3. The van der Waals surface area contributed by atoms with E-state index in [-0.39, 0.29) is 6.42 Å². The second-order valence-electron chi connectivity index (χ2n) is 9.72. The molecule has 192 valence electrons. The van der Waals surface area contributed by atoms with Crippen LogP contribution >= 0.6 is 0 Å². The quantitative estimate of drug-likeness (QED) is 0.386. The number of nitrogens with zero attached hydrogens (tertiary/aromatic N) is 4. The monoisotopic (exact) mass is 492 g/mol. The smallest absolute Gasteiger partial charge is 0.303 e. The van der Waals surface area contributed by atoms with E-state index in [2.05, 4.69) is 19.9 Å². The van der Waals surface area contributed by atoms with Crippen LogP contribution < -0.4 is 4.74 Å². The molecule has 3 atom stereocenters. The minimum Gasteiger partial charge on any atom is -0.497 e. The van der Waals surface area contributed by atoms with Crippen LogP contribution in [0.1, 0.15) is 55.9 Å². The number of ether oxygens (including phenoxy) is 1. The van der Waals surface area contributed by atoms with Gasteiger partial charge in [0.15, 0.2) is 0 Å². The molecule has 1 aliphatic rings. The molecule has 1 fully saturated rings. The number of likely N-dealkylation sites (tertiary alicyclic amines) is 1. The third-order valence-electron chi connectivity index (χ3n) is 7.38. The third-order valence-corrected chi connectivity index (χ3v) is 7.38. The summed E-state index contributed by atoms with van der Waals surface area (Å²) in [5.74, 6) is 0.709. The van der Waals surface area contributed by atoms with E-state index in [4.69, 9.17) is 4.74 Å².